The van der Waals surface area contributed by atoms with Crippen LogP contribution >= 0.6 is 11.8 Å². The Kier molecular flexibility index (Phi) is 3.61. The predicted octanol–water partition coefficient (Wildman–Crippen LogP) is 4.02. The molecule has 0 amide bonds. The van der Waals surface area contributed by atoms with E-state index in [1.165, 1.54) is 17.8 Å². The van der Waals surface area contributed by atoms with Crippen LogP contribution in [0.3, 0.4) is 0 Å². The van der Waals surface area contributed by atoms with Crippen molar-refractivity contribution >= 4 is 23.1 Å². The van der Waals surface area contributed by atoms with Gasteiger partial charge in [0.15, 0.2) is 0 Å². The lowest BCUT2D eigenvalue weighted by atomic mass is 10.2. The summed E-state index contributed by atoms with van der Waals surface area (Å²) in [5.74, 6) is 0. The minimum absolute atomic E-state index is 0.274. The lowest BCUT2D eigenvalue weighted by molar-refractivity contribution is -0.137. The van der Waals surface area contributed by atoms with Gasteiger partial charge in [0.05, 0.1) is 5.56 Å². The van der Waals surface area contributed by atoms with E-state index in [-0.39, 0.29) is 5.69 Å². The maximum absolute atomic E-state index is 12.7. The van der Waals surface area contributed by atoms with E-state index >= 15 is 0 Å². The van der Waals surface area contributed by atoms with Gasteiger partial charge in [-0.1, -0.05) is 17.8 Å². The highest BCUT2D eigenvalue weighted by Crippen LogP contribution is 2.37. The molecule has 4 N–H and O–H groups in total. The van der Waals surface area contributed by atoms with E-state index in [4.69, 9.17) is 11.5 Å². The molecule has 0 aliphatic heterocycles. The van der Waals surface area contributed by atoms with Gasteiger partial charge in [-0.25, -0.2) is 0 Å². The third-order valence-electron chi connectivity index (χ3n) is 2.42. The molecule has 19 heavy (non-hydrogen) atoms. The van der Waals surface area contributed by atoms with Crippen molar-refractivity contribution in [3.8, 4) is 0 Å². The van der Waals surface area contributed by atoms with Gasteiger partial charge in [0.25, 0.3) is 0 Å². The lowest BCUT2D eigenvalue weighted by Gasteiger charge is -2.11. The van der Waals surface area contributed by atoms with E-state index in [0.717, 1.165) is 11.0 Å². The van der Waals surface area contributed by atoms with Crippen LogP contribution in [0.15, 0.2) is 52.3 Å². The zero-order chi connectivity index (χ0) is 14.0. The zero-order valence-electron chi connectivity index (χ0n) is 9.74. The lowest BCUT2D eigenvalue weighted by Crippen LogP contribution is -2.08. The summed E-state index contributed by atoms with van der Waals surface area (Å²) in [5.41, 5.74) is 10.4. The number of hydrogen-bond donors (Lipinski definition) is 2. The first-order valence-electron chi connectivity index (χ1n) is 5.36. The molecule has 2 rings (SSSR count). The third kappa shape index (κ3) is 3.35. The van der Waals surface area contributed by atoms with Gasteiger partial charge < -0.3 is 11.5 Å². The van der Waals surface area contributed by atoms with Crippen LogP contribution in [0.1, 0.15) is 5.56 Å². The number of rotatable bonds is 2. The Hall–Kier alpha value is -1.82. The molecule has 0 aliphatic rings. The van der Waals surface area contributed by atoms with E-state index in [1.807, 2.05) is 0 Å². The van der Waals surface area contributed by atoms with Crippen molar-refractivity contribution in [2.45, 2.75) is 16.0 Å². The van der Waals surface area contributed by atoms with Gasteiger partial charge in [-0.3, -0.25) is 0 Å². The minimum atomic E-state index is -4.45. The molecule has 0 bridgehead atoms. The van der Waals surface area contributed by atoms with E-state index in [1.54, 1.807) is 30.3 Å². The first-order valence-corrected chi connectivity index (χ1v) is 6.18. The average molecular weight is 284 g/mol. The summed E-state index contributed by atoms with van der Waals surface area (Å²) in [6, 6.07) is 10.8. The fourth-order valence-electron chi connectivity index (χ4n) is 1.56. The first-order chi connectivity index (χ1) is 8.86. The number of anilines is 2. The SMILES string of the molecule is Nc1cccc(Sc2ccc(N)c(C(F)(F)F)c2)c1. The van der Waals surface area contributed by atoms with Gasteiger partial charge in [0.2, 0.25) is 0 Å². The Morgan fingerprint density at radius 2 is 1.58 bits per heavy atom. The smallest absolute Gasteiger partial charge is 0.399 e. The third-order valence-corrected chi connectivity index (χ3v) is 3.40. The minimum Gasteiger partial charge on any atom is -0.399 e. The topological polar surface area (TPSA) is 52.0 Å². The van der Waals surface area contributed by atoms with Gasteiger partial charge >= 0.3 is 6.18 Å². The van der Waals surface area contributed by atoms with Crippen molar-refractivity contribution in [1.29, 1.82) is 0 Å². The molecule has 0 saturated carbocycles. The van der Waals surface area contributed by atoms with E-state index in [2.05, 4.69) is 0 Å². The summed E-state index contributed by atoms with van der Waals surface area (Å²) in [4.78, 5) is 1.24. The molecule has 6 heteroatoms. The molecule has 0 unspecified atom stereocenters. The summed E-state index contributed by atoms with van der Waals surface area (Å²) >= 11 is 1.21. The molecule has 0 heterocycles. The largest absolute Gasteiger partial charge is 0.418 e. The van der Waals surface area contributed by atoms with Crippen LogP contribution in [0.2, 0.25) is 0 Å². The van der Waals surface area contributed by atoms with Gasteiger partial charge in [0, 0.05) is 21.2 Å². The fraction of sp³-hybridized carbons (Fsp3) is 0.0769. The highest BCUT2D eigenvalue weighted by molar-refractivity contribution is 7.99. The number of alkyl halides is 3. The summed E-state index contributed by atoms with van der Waals surface area (Å²) in [7, 11) is 0. The van der Waals surface area contributed by atoms with E-state index in [9.17, 15) is 13.2 Å². The summed E-state index contributed by atoms with van der Waals surface area (Å²) in [6.07, 6.45) is -4.45. The predicted molar refractivity (Wildman–Crippen MR) is 70.8 cm³/mol. The highest BCUT2D eigenvalue weighted by atomic mass is 32.2. The molecular weight excluding hydrogens is 273 g/mol. The molecule has 0 fully saturated rings. The second kappa shape index (κ2) is 5.05. The number of nitrogens with two attached hydrogens (primary N) is 2. The zero-order valence-corrected chi connectivity index (χ0v) is 10.6. The van der Waals surface area contributed by atoms with E-state index < -0.39 is 11.7 Å². The van der Waals surface area contributed by atoms with Crippen LogP contribution in [0.5, 0.6) is 0 Å². The van der Waals surface area contributed by atoms with Crippen molar-refractivity contribution in [3.63, 3.8) is 0 Å². The number of hydrogen-bond acceptors (Lipinski definition) is 3. The van der Waals surface area contributed by atoms with Crippen LogP contribution in [0.25, 0.3) is 0 Å². The fourth-order valence-corrected chi connectivity index (χ4v) is 2.49. The van der Waals surface area contributed by atoms with Crippen molar-refractivity contribution in [2.24, 2.45) is 0 Å². The van der Waals surface area contributed by atoms with Gasteiger partial charge in [-0.05, 0) is 36.4 Å². The van der Waals surface area contributed by atoms with Crippen molar-refractivity contribution in [2.75, 3.05) is 11.5 Å². The Balaban J connectivity index is 2.32. The molecule has 0 atom stereocenters. The van der Waals surface area contributed by atoms with Gasteiger partial charge in [-0.2, -0.15) is 13.2 Å². The Labute approximate surface area is 112 Å². The maximum atomic E-state index is 12.7. The Morgan fingerprint density at radius 1 is 0.895 bits per heavy atom. The normalized spacial score (nSPS) is 11.5. The molecule has 0 aliphatic carbocycles. The van der Waals surface area contributed by atoms with E-state index in [0.29, 0.717) is 10.6 Å². The highest BCUT2D eigenvalue weighted by Gasteiger charge is 2.33. The van der Waals surface area contributed by atoms with Crippen molar-refractivity contribution < 1.29 is 13.2 Å². The first kappa shape index (κ1) is 13.6. The number of nitrogen functional groups attached to an aromatic ring is 2. The summed E-state index contributed by atoms with van der Waals surface area (Å²) in [5, 5.41) is 0. The van der Waals surface area contributed by atoms with Crippen LogP contribution in [-0.4, -0.2) is 0 Å². The van der Waals surface area contributed by atoms with Crippen LogP contribution in [-0.2, 0) is 6.18 Å². The van der Waals surface area contributed by atoms with Crippen molar-refractivity contribution in [1.82, 2.24) is 0 Å². The molecule has 100 valence electrons. The molecule has 0 saturated heterocycles. The Bertz CT molecular complexity index is 597. The number of benzene rings is 2. The van der Waals surface area contributed by atoms with Gasteiger partial charge in [0.1, 0.15) is 0 Å². The molecule has 0 aromatic heterocycles. The summed E-state index contributed by atoms with van der Waals surface area (Å²) in [6.45, 7) is 0. The summed E-state index contributed by atoms with van der Waals surface area (Å²) < 4.78 is 38.2. The molecule has 2 aromatic rings. The van der Waals surface area contributed by atoms with Crippen LogP contribution < -0.4 is 11.5 Å². The van der Waals surface area contributed by atoms with Gasteiger partial charge in [-0.15, -0.1) is 0 Å². The molecule has 2 aromatic carbocycles. The monoisotopic (exact) mass is 284 g/mol. The standard InChI is InChI=1S/C13H11F3N2S/c14-13(15,16)11-7-10(4-5-12(11)18)19-9-3-1-2-8(17)6-9/h1-7H,17-18H2. The average Bonchev–Trinajstić information content (AvgIpc) is 2.30. The maximum Gasteiger partial charge on any atom is 0.418 e. The van der Waals surface area contributed by atoms with Crippen molar-refractivity contribution in [3.05, 3.63) is 48.0 Å². The molecule has 0 radical (unpaired) electrons. The second-order valence-corrected chi connectivity index (χ2v) is 5.07. The molecule has 0 spiro atoms. The number of halogens is 3. The van der Waals surface area contributed by atoms with Crippen LogP contribution in [0, 0.1) is 0 Å². The molecular formula is C13H11F3N2S. The molecule has 2 nitrogen and oxygen atoms in total. The quantitative estimate of drug-likeness (QED) is 0.819. The Morgan fingerprint density at radius 3 is 2.21 bits per heavy atom. The van der Waals surface area contributed by atoms with Crippen LogP contribution in [0.4, 0.5) is 24.5 Å². The second-order valence-electron chi connectivity index (χ2n) is 3.92.